The van der Waals surface area contributed by atoms with Gasteiger partial charge in [-0.05, 0) is 54.6 Å². The first-order valence-electron chi connectivity index (χ1n) is 10.1. The average Bonchev–Trinajstić information content (AvgIpc) is 3.38. The van der Waals surface area contributed by atoms with Crippen LogP contribution in [-0.4, -0.2) is 38.8 Å². The molecule has 7 nitrogen and oxygen atoms in total. The van der Waals surface area contributed by atoms with Crippen LogP contribution in [0.25, 0.3) is 5.82 Å². The number of anilines is 1. The van der Waals surface area contributed by atoms with Gasteiger partial charge in [0.25, 0.3) is 5.91 Å². The maximum Gasteiger partial charge on any atom is 0.387 e. The van der Waals surface area contributed by atoms with Crippen LogP contribution in [0.2, 0.25) is 0 Å². The van der Waals surface area contributed by atoms with Gasteiger partial charge in [-0.3, -0.25) is 9.59 Å². The smallest absolute Gasteiger partial charge is 0.387 e. The van der Waals surface area contributed by atoms with Crippen LogP contribution in [0.3, 0.4) is 0 Å². The lowest BCUT2D eigenvalue weighted by Crippen LogP contribution is -2.14. The van der Waals surface area contributed by atoms with Crippen molar-refractivity contribution in [3.63, 3.8) is 0 Å². The van der Waals surface area contributed by atoms with Crippen LogP contribution in [-0.2, 0) is 0 Å². The number of halogens is 2. The van der Waals surface area contributed by atoms with Crippen molar-refractivity contribution in [1.82, 2.24) is 14.8 Å². The molecule has 0 bridgehead atoms. The van der Waals surface area contributed by atoms with E-state index in [0.29, 0.717) is 27.5 Å². The van der Waals surface area contributed by atoms with Crippen molar-refractivity contribution in [3.05, 3.63) is 96.4 Å². The Balaban J connectivity index is 1.39. The summed E-state index contributed by atoms with van der Waals surface area (Å²) in [5.41, 5.74) is 1.29. The van der Waals surface area contributed by atoms with Crippen LogP contribution < -0.4 is 10.1 Å². The quantitative estimate of drug-likeness (QED) is 0.265. The highest BCUT2D eigenvalue weighted by Crippen LogP contribution is 2.25. The lowest BCUT2D eigenvalue weighted by Gasteiger charge is -2.10. The van der Waals surface area contributed by atoms with E-state index in [4.69, 9.17) is 0 Å². The number of hydrogen-bond donors (Lipinski definition) is 1. The molecule has 0 atom stereocenters. The Morgan fingerprint density at radius 1 is 1.03 bits per heavy atom. The van der Waals surface area contributed by atoms with Crippen molar-refractivity contribution in [2.75, 3.05) is 11.1 Å². The van der Waals surface area contributed by atoms with Crippen LogP contribution in [0.15, 0.2) is 90.2 Å². The molecule has 10 heteroatoms. The van der Waals surface area contributed by atoms with Gasteiger partial charge in [0.1, 0.15) is 5.75 Å². The zero-order chi connectivity index (χ0) is 23.9. The van der Waals surface area contributed by atoms with Gasteiger partial charge in [0, 0.05) is 22.9 Å². The number of ether oxygens (including phenoxy) is 1. The van der Waals surface area contributed by atoms with Crippen LogP contribution >= 0.6 is 11.8 Å². The number of nitrogens with one attached hydrogen (secondary N) is 1. The Hall–Kier alpha value is -4.05. The number of alkyl halides is 2. The average molecular weight is 480 g/mol. The molecule has 0 aliphatic rings. The van der Waals surface area contributed by atoms with Crippen molar-refractivity contribution < 1.29 is 23.1 Å². The van der Waals surface area contributed by atoms with E-state index in [9.17, 15) is 18.4 Å². The first-order chi connectivity index (χ1) is 16.5. The number of ketones is 1. The summed E-state index contributed by atoms with van der Waals surface area (Å²) >= 11 is 1.22. The summed E-state index contributed by atoms with van der Waals surface area (Å²) in [4.78, 5) is 30.3. The molecule has 0 aliphatic heterocycles. The Labute approximate surface area is 197 Å². The van der Waals surface area contributed by atoms with Crippen LogP contribution in [0, 0.1) is 0 Å². The molecular weight excluding hydrogens is 462 g/mol. The largest absolute Gasteiger partial charge is 0.435 e. The van der Waals surface area contributed by atoms with E-state index in [1.807, 2.05) is 0 Å². The molecule has 0 saturated heterocycles. The highest BCUT2D eigenvalue weighted by atomic mass is 32.2. The van der Waals surface area contributed by atoms with Gasteiger partial charge in [-0.1, -0.05) is 12.1 Å². The van der Waals surface area contributed by atoms with Crippen LogP contribution in [0.1, 0.15) is 20.7 Å². The molecule has 4 aromatic rings. The lowest BCUT2D eigenvalue weighted by atomic mass is 10.1. The molecule has 2 aromatic heterocycles. The molecule has 172 valence electrons. The standard InChI is InChI=1S/C24H18F2N4O3S/c25-24(26)33-18-9-6-16(7-10-18)20(31)15-34-21-5-2-1-4-19(21)23(32)29-17-8-11-22(27-14-17)30-13-3-12-28-30/h1-14,24H,15H2,(H,29,32). The third-order valence-electron chi connectivity index (χ3n) is 4.64. The molecule has 1 N–H and O–H groups in total. The van der Waals surface area contributed by atoms with E-state index in [2.05, 4.69) is 20.1 Å². The van der Waals surface area contributed by atoms with E-state index in [-0.39, 0.29) is 23.2 Å². The van der Waals surface area contributed by atoms with Crippen LogP contribution in [0.5, 0.6) is 5.75 Å². The van der Waals surface area contributed by atoms with Gasteiger partial charge in [0.2, 0.25) is 0 Å². The minimum Gasteiger partial charge on any atom is -0.435 e. The molecule has 2 heterocycles. The number of Topliss-reactive ketones (excluding diaryl/α,β-unsaturated/α-hetero) is 1. The normalized spacial score (nSPS) is 10.8. The number of amides is 1. The number of pyridine rings is 1. The molecule has 4 rings (SSSR count). The maximum absolute atomic E-state index is 12.9. The molecule has 0 radical (unpaired) electrons. The van der Waals surface area contributed by atoms with Gasteiger partial charge in [-0.15, -0.1) is 11.8 Å². The second-order valence-electron chi connectivity index (χ2n) is 6.92. The number of nitrogens with zero attached hydrogens (tertiary/aromatic N) is 3. The van der Waals surface area contributed by atoms with Crippen molar-refractivity contribution in [2.45, 2.75) is 11.5 Å². The number of hydrogen-bond acceptors (Lipinski definition) is 6. The number of carbonyl (C=O) groups excluding carboxylic acids is 2. The first kappa shape index (κ1) is 23.1. The number of thioether (sulfide) groups is 1. The lowest BCUT2D eigenvalue weighted by molar-refractivity contribution is -0.0498. The van der Waals surface area contributed by atoms with Crippen molar-refractivity contribution >= 4 is 29.1 Å². The van der Waals surface area contributed by atoms with Crippen molar-refractivity contribution in [3.8, 4) is 11.6 Å². The number of benzene rings is 2. The first-order valence-corrected chi connectivity index (χ1v) is 11.1. The monoisotopic (exact) mass is 480 g/mol. The highest BCUT2D eigenvalue weighted by Gasteiger charge is 2.15. The predicted molar refractivity (Wildman–Crippen MR) is 124 cm³/mol. The summed E-state index contributed by atoms with van der Waals surface area (Å²) in [5.74, 6) is 0.124. The topological polar surface area (TPSA) is 86.1 Å². The second kappa shape index (κ2) is 10.7. The molecule has 0 fully saturated rings. The predicted octanol–water partition coefficient (Wildman–Crippen LogP) is 5.10. The fourth-order valence-electron chi connectivity index (χ4n) is 3.03. The van der Waals surface area contributed by atoms with Gasteiger partial charge in [-0.25, -0.2) is 9.67 Å². The summed E-state index contributed by atoms with van der Waals surface area (Å²) < 4.78 is 30.4. The zero-order valence-electron chi connectivity index (χ0n) is 17.6. The molecule has 2 aromatic carbocycles. The molecule has 0 spiro atoms. The Bertz CT molecular complexity index is 1260. The van der Waals surface area contributed by atoms with Gasteiger partial charge >= 0.3 is 6.61 Å². The SMILES string of the molecule is O=C(CSc1ccccc1C(=O)Nc1ccc(-n2cccn2)nc1)c1ccc(OC(F)F)cc1. The third kappa shape index (κ3) is 5.84. The van der Waals surface area contributed by atoms with Gasteiger partial charge < -0.3 is 10.1 Å². The Morgan fingerprint density at radius 3 is 2.50 bits per heavy atom. The summed E-state index contributed by atoms with van der Waals surface area (Å²) in [6.07, 6.45) is 4.95. The second-order valence-corrected chi connectivity index (χ2v) is 7.94. The molecule has 0 aliphatic carbocycles. The summed E-state index contributed by atoms with van der Waals surface area (Å²) in [5, 5.41) is 6.92. The van der Waals surface area contributed by atoms with Crippen LogP contribution in [0.4, 0.5) is 14.5 Å². The molecule has 0 unspecified atom stereocenters. The number of carbonyl (C=O) groups is 2. The van der Waals surface area contributed by atoms with E-state index in [1.165, 1.54) is 42.2 Å². The van der Waals surface area contributed by atoms with E-state index >= 15 is 0 Å². The van der Waals surface area contributed by atoms with Gasteiger partial charge in [-0.2, -0.15) is 13.9 Å². The molecule has 1 amide bonds. The third-order valence-corrected chi connectivity index (χ3v) is 5.71. The Morgan fingerprint density at radius 2 is 1.82 bits per heavy atom. The summed E-state index contributed by atoms with van der Waals surface area (Å²) in [7, 11) is 0. The minimum atomic E-state index is -2.93. The zero-order valence-corrected chi connectivity index (χ0v) is 18.4. The van der Waals surface area contributed by atoms with Gasteiger partial charge in [0.15, 0.2) is 11.6 Å². The molecular formula is C24H18F2N4O3S. The highest BCUT2D eigenvalue weighted by molar-refractivity contribution is 8.00. The minimum absolute atomic E-state index is 0.0200. The van der Waals surface area contributed by atoms with E-state index in [1.54, 1.807) is 59.5 Å². The fourth-order valence-corrected chi connectivity index (χ4v) is 3.97. The van der Waals surface area contributed by atoms with Crippen molar-refractivity contribution in [2.24, 2.45) is 0 Å². The van der Waals surface area contributed by atoms with Gasteiger partial charge in [0.05, 0.1) is 23.2 Å². The maximum atomic E-state index is 12.9. The van der Waals surface area contributed by atoms with E-state index < -0.39 is 6.61 Å². The number of rotatable bonds is 9. The Kier molecular flexibility index (Phi) is 7.28. The van der Waals surface area contributed by atoms with Crippen molar-refractivity contribution in [1.29, 1.82) is 0 Å². The fraction of sp³-hybridized carbons (Fsp3) is 0.0833. The number of aromatic nitrogens is 3. The summed E-state index contributed by atoms with van der Waals surface area (Å²) in [6, 6.07) is 17.7. The molecule has 34 heavy (non-hydrogen) atoms. The summed E-state index contributed by atoms with van der Waals surface area (Å²) in [6.45, 7) is -2.93. The van der Waals surface area contributed by atoms with E-state index in [0.717, 1.165) is 0 Å². The molecule has 0 saturated carbocycles.